The molecule has 4 heteroatoms. The van der Waals surface area contributed by atoms with Gasteiger partial charge in [0.1, 0.15) is 6.61 Å². The van der Waals surface area contributed by atoms with Crippen molar-refractivity contribution in [2.75, 3.05) is 6.61 Å². The molecule has 0 unspecified atom stereocenters. The second-order valence-corrected chi connectivity index (χ2v) is 6.85. The van der Waals surface area contributed by atoms with Gasteiger partial charge in [0, 0.05) is 81.1 Å². The fourth-order valence-corrected chi connectivity index (χ4v) is 2.13. The van der Waals surface area contributed by atoms with Gasteiger partial charge in [0.05, 0.1) is 0 Å². The fraction of sp³-hybridized carbons (Fsp3) is 0.0250. The van der Waals surface area contributed by atoms with Crippen LogP contribution in [-0.4, -0.2) is 18.0 Å². The Kier molecular flexibility index (Phi) is 22.8. The van der Waals surface area contributed by atoms with E-state index in [4.69, 9.17) is 24.0 Å². The van der Waals surface area contributed by atoms with E-state index in [1.165, 1.54) is 12.1 Å². The zero-order valence-corrected chi connectivity index (χ0v) is 23.9. The third kappa shape index (κ3) is 22.0. The molecule has 0 aliphatic heterocycles. The lowest BCUT2D eigenvalue weighted by Gasteiger charge is -2.06. The number of ether oxygens (including phenoxy) is 1. The first-order valence-corrected chi connectivity index (χ1v) is 11.8. The molecule has 1 aromatic rings. The fourth-order valence-electron chi connectivity index (χ4n) is 1.71. The van der Waals surface area contributed by atoms with Gasteiger partial charge in [-0.1, -0.05) is 5.92 Å². The Morgan fingerprint density at radius 3 is 1.11 bits per heavy atom. The second-order valence-electron chi connectivity index (χ2n) is 5.99. The molecular weight excluding hydrogens is 608 g/mol. The number of aldehydes is 1. The number of hydrogen-bond donors (Lipinski definition) is 1. The van der Waals surface area contributed by atoms with Crippen molar-refractivity contribution in [1.29, 1.82) is 0 Å². The van der Waals surface area contributed by atoms with E-state index in [9.17, 15) is 9.90 Å². The van der Waals surface area contributed by atoms with E-state index in [0.717, 1.165) is 0 Å². The van der Waals surface area contributed by atoms with Crippen LogP contribution >= 0.6 is 15.9 Å². The Morgan fingerprint density at radius 2 is 0.864 bits per heavy atom. The summed E-state index contributed by atoms with van der Waals surface area (Å²) in [6.45, 7) is 0.0491. The third-order valence-electron chi connectivity index (χ3n) is 3.22. The van der Waals surface area contributed by atoms with Crippen molar-refractivity contribution in [3.8, 4) is 202 Å². The summed E-state index contributed by atoms with van der Waals surface area (Å²) < 4.78 is 5.53. The molecule has 0 radical (unpaired) electrons. The predicted octanol–water partition coefficient (Wildman–Crippen LogP) is 2.28. The van der Waals surface area contributed by atoms with Crippen molar-refractivity contribution in [3.63, 3.8) is 0 Å². The van der Waals surface area contributed by atoms with Crippen LogP contribution in [0.5, 0.6) is 11.5 Å². The first kappa shape index (κ1) is 35.9. The molecular formula is C40H9BrO3. The molecule has 0 saturated carbocycles. The maximum Gasteiger partial charge on any atom is 0.163 e. The number of terminal acetylenes is 3. The van der Waals surface area contributed by atoms with Gasteiger partial charge < -0.3 is 9.84 Å². The highest BCUT2D eigenvalue weighted by atomic mass is 79.9. The molecule has 0 aliphatic carbocycles. The SMILES string of the molecule is C#CC#CC#CC#CC#CC#CC#CC#CC#CC#CC#CC#CC#CC#CC#C.C#CCOc1cc(C=O)c(Br)cc1O. The molecule has 1 aromatic carbocycles. The van der Waals surface area contributed by atoms with E-state index < -0.39 is 0 Å². The molecule has 0 spiro atoms. The number of hydrogen-bond acceptors (Lipinski definition) is 3. The lowest BCUT2D eigenvalue weighted by Crippen LogP contribution is -1.95. The lowest BCUT2D eigenvalue weighted by atomic mass is 10.2. The van der Waals surface area contributed by atoms with Gasteiger partial charge in [-0.25, -0.2) is 0 Å². The predicted molar refractivity (Wildman–Crippen MR) is 174 cm³/mol. The molecule has 3 nitrogen and oxygen atoms in total. The van der Waals surface area contributed by atoms with Crippen molar-refractivity contribution in [1.82, 2.24) is 0 Å². The van der Waals surface area contributed by atoms with Crippen LogP contribution in [0, 0.1) is 191 Å². The van der Waals surface area contributed by atoms with Crippen LogP contribution in [0.15, 0.2) is 16.6 Å². The molecule has 0 amide bonds. The van der Waals surface area contributed by atoms with Crippen molar-refractivity contribution >= 4 is 22.2 Å². The number of halogens is 1. The highest BCUT2D eigenvalue weighted by Crippen LogP contribution is 2.31. The molecule has 0 fully saturated rings. The molecule has 0 aliphatic rings. The molecule has 0 aromatic heterocycles. The smallest absolute Gasteiger partial charge is 0.163 e. The molecule has 44 heavy (non-hydrogen) atoms. The van der Waals surface area contributed by atoms with E-state index in [1.807, 2.05) is 0 Å². The molecule has 0 heterocycles. The summed E-state index contributed by atoms with van der Waals surface area (Å²) in [6, 6.07) is 2.80. The number of carbonyl (C=O) groups is 1. The van der Waals surface area contributed by atoms with E-state index in [2.05, 4.69) is 188 Å². The average Bonchev–Trinajstić information content (AvgIpc) is 3.02. The van der Waals surface area contributed by atoms with Crippen LogP contribution in [0.3, 0.4) is 0 Å². The maximum atomic E-state index is 10.6. The lowest BCUT2D eigenvalue weighted by molar-refractivity contribution is 0.112. The Morgan fingerprint density at radius 1 is 0.568 bits per heavy atom. The topological polar surface area (TPSA) is 46.5 Å². The van der Waals surface area contributed by atoms with Crippen LogP contribution in [0.2, 0.25) is 0 Å². The zero-order valence-electron chi connectivity index (χ0n) is 22.3. The standard InChI is InChI=1S/C30H2.C10H7BrO3/c1-3-5-7-9-11-13-15-17-19-21-23-25-27-29-30-28-26-24-22-20-18-16-14-12-10-8-6-4-2;1-2-3-14-10-4-7(6-12)8(11)5-9(10)13/h1-2H;1,4-6,13H,3H2. The van der Waals surface area contributed by atoms with Crippen molar-refractivity contribution in [3.05, 3.63) is 22.2 Å². The molecule has 0 bridgehead atoms. The monoisotopic (exact) mass is 616 g/mol. The quantitative estimate of drug-likeness (QED) is 0.419. The summed E-state index contributed by atoms with van der Waals surface area (Å²) in [5.74, 6) is 70.6. The van der Waals surface area contributed by atoms with Crippen molar-refractivity contribution in [2.45, 2.75) is 0 Å². The van der Waals surface area contributed by atoms with Gasteiger partial charge in [-0.2, -0.15) is 0 Å². The summed E-state index contributed by atoms with van der Waals surface area (Å²) in [5.41, 5.74) is 0.398. The van der Waals surface area contributed by atoms with Crippen LogP contribution in [0.4, 0.5) is 0 Å². The van der Waals surface area contributed by atoms with Gasteiger partial charge in [-0.05, 0) is 123 Å². The summed E-state index contributed by atoms with van der Waals surface area (Å²) in [7, 11) is 0. The first-order valence-electron chi connectivity index (χ1n) is 11.1. The van der Waals surface area contributed by atoms with Gasteiger partial charge in [-0.15, -0.1) is 19.3 Å². The van der Waals surface area contributed by atoms with E-state index in [-0.39, 0.29) is 18.1 Å². The normalized spacial score (nSPS) is 5.50. The highest BCUT2D eigenvalue weighted by molar-refractivity contribution is 9.10. The van der Waals surface area contributed by atoms with Gasteiger partial charge in [0.25, 0.3) is 0 Å². The van der Waals surface area contributed by atoms with Crippen LogP contribution in [0.1, 0.15) is 10.4 Å². The maximum absolute atomic E-state index is 10.6. The zero-order chi connectivity index (χ0) is 32.4. The number of aromatic hydroxyl groups is 1. The van der Waals surface area contributed by atoms with E-state index in [1.54, 1.807) is 0 Å². The van der Waals surface area contributed by atoms with E-state index in [0.29, 0.717) is 16.3 Å². The minimum absolute atomic E-state index is 0.0491. The van der Waals surface area contributed by atoms with Gasteiger partial charge in [0.15, 0.2) is 17.8 Å². The largest absolute Gasteiger partial charge is 0.504 e. The Hall–Kier alpha value is -8.07. The van der Waals surface area contributed by atoms with Crippen LogP contribution in [0.25, 0.3) is 0 Å². The summed E-state index contributed by atoms with van der Waals surface area (Å²) in [5, 5.41) is 9.40. The minimum atomic E-state index is -0.0577. The summed E-state index contributed by atoms with van der Waals surface area (Å²) >= 11 is 3.12. The number of benzene rings is 1. The second kappa shape index (κ2) is 28.0. The Balaban J connectivity index is 0.00000109. The Labute approximate surface area is 267 Å². The summed E-state index contributed by atoms with van der Waals surface area (Å²) in [6.07, 6.45) is 15.5. The molecule has 0 atom stereocenters. The minimum Gasteiger partial charge on any atom is -0.504 e. The number of phenolic OH excluding ortho intramolecular Hbond substituents is 1. The van der Waals surface area contributed by atoms with Crippen molar-refractivity contribution < 1.29 is 14.6 Å². The number of carbonyl (C=O) groups excluding carboxylic acids is 1. The van der Waals surface area contributed by atoms with Gasteiger partial charge in [0.2, 0.25) is 0 Å². The highest BCUT2D eigenvalue weighted by Gasteiger charge is 2.07. The van der Waals surface area contributed by atoms with Crippen LogP contribution < -0.4 is 4.74 Å². The molecule has 0 saturated heterocycles. The third-order valence-corrected chi connectivity index (χ3v) is 3.91. The first-order chi connectivity index (χ1) is 21.6. The van der Waals surface area contributed by atoms with Gasteiger partial charge >= 0.3 is 0 Å². The van der Waals surface area contributed by atoms with E-state index >= 15 is 0 Å². The number of rotatable bonds is 3. The average molecular weight is 617 g/mol. The van der Waals surface area contributed by atoms with Crippen LogP contribution in [-0.2, 0) is 0 Å². The molecule has 1 N–H and O–H groups in total. The van der Waals surface area contributed by atoms with Gasteiger partial charge in [-0.3, -0.25) is 4.79 Å². The molecule has 1 rings (SSSR count). The summed E-state index contributed by atoms with van der Waals surface area (Å²) in [4.78, 5) is 10.6. The van der Waals surface area contributed by atoms with Crippen molar-refractivity contribution in [2.24, 2.45) is 0 Å². The Bertz CT molecular complexity index is 2140. The number of phenols is 1. The molecule has 194 valence electrons.